The number of hydrogen-bond acceptors (Lipinski definition) is 0. The van der Waals surface area contributed by atoms with Gasteiger partial charge in [-0.25, -0.2) is 0 Å². The molecular weight excluding hydrogens is 240 g/mol. The number of fused-ring (bicyclic) bond motifs is 3. The van der Waals surface area contributed by atoms with Crippen molar-refractivity contribution in [2.24, 2.45) is 28.6 Å². The maximum atomic E-state index is 4.30. The van der Waals surface area contributed by atoms with Gasteiger partial charge >= 0.3 is 0 Å². The first-order chi connectivity index (χ1) is 9.37. The molecule has 0 aromatic heterocycles. The summed E-state index contributed by atoms with van der Waals surface area (Å²) in [6.45, 7) is 14.1. The zero-order chi connectivity index (χ0) is 14.5. The third kappa shape index (κ3) is 2.02. The van der Waals surface area contributed by atoms with E-state index in [2.05, 4.69) is 40.3 Å². The van der Waals surface area contributed by atoms with Gasteiger partial charge in [0.1, 0.15) is 0 Å². The molecule has 0 aromatic rings. The Bertz CT molecular complexity index is 443. The van der Waals surface area contributed by atoms with Crippen molar-refractivity contribution in [3.8, 4) is 0 Å². The highest BCUT2D eigenvalue weighted by molar-refractivity contribution is 5.16. The average molecular weight is 272 g/mol. The van der Waals surface area contributed by atoms with Crippen LogP contribution in [-0.4, -0.2) is 0 Å². The van der Waals surface area contributed by atoms with E-state index >= 15 is 0 Å². The summed E-state index contributed by atoms with van der Waals surface area (Å²) in [6, 6.07) is 0. The van der Waals surface area contributed by atoms with E-state index in [-0.39, 0.29) is 0 Å². The molecule has 5 atom stereocenters. The molecule has 3 aliphatic rings. The van der Waals surface area contributed by atoms with Crippen LogP contribution in [0.25, 0.3) is 0 Å². The van der Waals surface area contributed by atoms with Gasteiger partial charge in [0.2, 0.25) is 0 Å². The summed E-state index contributed by atoms with van der Waals surface area (Å²) >= 11 is 0. The fraction of sp³-hybridized carbons (Fsp3) is 0.800. The SMILES string of the molecule is C=C(C)[C@@H]1CC[C@]2(C)C1CC[C@]1(C)CC=C(C)CCC12. The highest BCUT2D eigenvalue weighted by Gasteiger charge is 2.57. The fourth-order valence-electron chi connectivity index (χ4n) is 6.13. The number of rotatable bonds is 1. The van der Waals surface area contributed by atoms with Crippen LogP contribution in [-0.2, 0) is 0 Å². The molecule has 0 spiro atoms. The summed E-state index contributed by atoms with van der Waals surface area (Å²) in [4.78, 5) is 0. The van der Waals surface area contributed by atoms with E-state index in [1.807, 2.05) is 0 Å². The molecule has 0 bridgehead atoms. The second-order valence-corrected chi connectivity index (χ2v) is 8.64. The monoisotopic (exact) mass is 272 g/mol. The minimum absolute atomic E-state index is 0.562. The van der Waals surface area contributed by atoms with Gasteiger partial charge in [0.05, 0.1) is 0 Å². The van der Waals surface area contributed by atoms with Crippen molar-refractivity contribution in [2.75, 3.05) is 0 Å². The molecule has 3 aliphatic carbocycles. The summed E-state index contributed by atoms with van der Waals surface area (Å²) in [5.41, 5.74) is 4.22. The summed E-state index contributed by atoms with van der Waals surface area (Å²) in [7, 11) is 0. The topological polar surface area (TPSA) is 0 Å². The summed E-state index contributed by atoms with van der Waals surface area (Å²) in [5, 5.41) is 0. The first-order valence-electron chi connectivity index (χ1n) is 8.68. The van der Waals surface area contributed by atoms with Gasteiger partial charge in [-0.1, -0.05) is 37.6 Å². The van der Waals surface area contributed by atoms with E-state index < -0.39 is 0 Å². The Morgan fingerprint density at radius 2 is 1.95 bits per heavy atom. The molecule has 0 saturated heterocycles. The smallest absolute Gasteiger partial charge is 0.0175 e. The van der Waals surface area contributed by atoms with Crippen LogP contribution in [0.4, 0.5) is 0 Å². The van der Waals surface area contributed by atoms with Crippen LogP contribution in [0.15, 0.2) is 23.8 Å². The van der Waals surface area contributed by atoms with E-state index in [4.69, 9.17) is 0 Å². The average Bonchev–Trinajstić information content (AvgIpc) is 2.64. The van der Waals surface area contributed by atoms with E-state index in [1.165, 1.54) is 50.5 Å². The van der Waals surface area contributed by atoms with E-state index in [0.29, 0.717) is 10.8 Å². The maximum absolute atomic E-state index is 4.30. The lowest BCUT2D eigenvalue weighted by atomic mass is 9.50. The third-order valence-corrected chi connectivity index (χ3v) is 7.37. The van der Waals surface area contributed by atoms with Crippen molar-refractivity contribution in [3.05, 3.63) is 23.8 Å². The van der Waals surface area contributed by atoms with Gasteiger partial charge in [-0.05, 0) is 87.4 Å². The van der Waals surface area contributed by atoms with Crippen LogP contribution in [0.5, 0.6) is 0 Å². The maximum Gasteiger partial charge on any atom is -0.0175 e. The zero-order valence-corrected chi connectivity index (χ0v) is 14.0. The fourth-order valence-corrected chi connectivity index (χ4v) is 6.13. The third-order valence-electron chi connectivity index (χ3n) is 7.37. The lowest BCUT2D eigenvalue weighted by molar-refractivity contribution is -0.0481. The molecule has 0 nitrogen and oxygen atoms in total. The summed E-state index contributed by atoms with van der Waals surface area (Å²) < 4.78 is 0. The first kappa shape index (κ1) is 14.4. The summed E-state index contributed by atoms with van der Waals surface area (Å²) in [5.74, 6) is 2.64. The lowest BCUT2D eigenvalue weighted by Gasteiger charge is -2.54. The Labute approximate surface area is 125 Å². The molecule has 0 heteroatoms. The quantitative estimate of drug-likeness (QED) is 0.503. The molecular formula is C20H32. The minimum Gasteiger partial charge on any atom is -0.0999 e. The molecule has 0 amide bonds. The first-order valence-corrected chi connectivity index (χ1v) is 8.68. The number of allylic oxidation sites excluding steroid dienone is 3. The van der Waals surface area contributed by atoms with E-state index in [0.717, 1.165) is 17.8 Å². The van der Waals surface area contributed by atoms with E-state index in [9.17, 15) is 0 Å². The standard InChI is InChI=1S/C20H32/c1-14(2)16-9-13-20(5)17(16)10-12-19(4)11-8-15(3)6-7-18(19)20/h8,16-18H,1,6-7,9-13H2,2-5H3/t16-,17?,18?,19-,20+/m0/s1. The second kappa shape index (κ2) is 4.75. The molecule has 2 saturated carbocycles. The molecule has 0 aromatic carbocycles. The van der Waals surface area contributed by atoms with Crippen LogP contribution in [0, 0.1) is 28.6 Å². The Morgan fingerprint density at radius 1 is 1.20 bits per heavy atom. The van der Waals surface area contributed by atoms with E-state index in [1.54, 1.807) is 5.57 Å². The van der Waals surface area contributed by atoms with Gasteiger partial charge in [-0.15, -0.1) is 0 Å². The van der Waals surface area contributed by atoms with Crippen LogP contribution in [0.3, 0.4) is 0 Å². The predicted molar refractivity (Wildman–Crippen MR) is 87.6 cm³/mol. The van der Waals surface area contributed by atoms with Crippen molar-refractivity contribution in [3.63, 3.8) is 0 Å². The molecule has 2 fully saturated rings. The van der Waals surface area contributed by atoms with Crippen molar-refractivity contribution in [1.29, 1.82) is 0 Å². The van der Waals surface area contributed by atoms with Gasteiger partial charge in [-0.2, -0.15) is 0 Å². The van der Waals surface area contributed by atoms with Crippen molar-refractivity contribution < 1.29 is 0 Å². The molecule has 112 valence electrons. The van der Waals surface area contributed by atoms with Gasteiger partial charge in [0.25, 0.3) is 0 Å². The normalized spacial score (nSPS) is 48.0. The molecule has 2 unspecified atom stereocenters. The van der Waals surface area contributed by atoms with Gasteiger partial charge < -0.3 is 0 Å². The molecule has 0 heterocycles. The van der Waals surface area contributed by atoms with Crippen molar-refractivity contribution in [2.45, 2.75) is 72.6 Å². The van der Waals surface area contributed by atoms with Gasteiger partial charge in [0, 0.05) is 0 Å². The van der Waals surface area contributed by atoms with Crippen LogP contribution < -0.4 is 0 Å². The van der Waals surface area contributed by atoms with Gasteiger partial charge in [0.15, 0.2) is 0 Å². The molecule has 0 radical (unpaired) electrons. The molecule has 0 aliphatic heterocycles. The molecule has 20 heavy (non-hydrogen) atoms. The lowest BCUT2D eigenvalue weighted by Crippen LogP contribution is -2.47. The van der Waals surface area contributed by atoms with Crippen molar-refractivity contribution in [1.82, 2.24) is 0 Å². The van der Waals surface area contributed by atoms with Crippen LogP contribution in [0.1, 0.15) is 72.6 Å². The molecule has 3 rings (SSSR count). The van der Waals surface area contributed by atoms with Crippen molar-refractivity contribution >= 4 is 0 Å². The Balaban J connectivity index is 1.93. The Kier molecular flexibility index (Phi) is 3.42. The largest absolute Gasteiger partial charge is 0.0999 e. The Morgan fingerprint density at radius 3 is 2.65 bits per heavy atom. The van der Waals surface area contributed by atoms with Gasteiger partial charge in [-0.3, -0.25) is 0 Å². The van der Waals surface area contributed by atoms with Crippen LogP contribution in [0.2, 0.25) is 0 Å². The second-order valence-electron chi connectivity index (χ2n) is 8.64. The highest BCUT2D eigenvalue weighted by atomic mass is 14.6. The minimum atomic E-state index is 0.562. The highest BCUT2D eigenvalue weighted by Crippen LogP contribution is 2.66. The molecule has 0 N–H and O–H groups in total. The predicted octanol–water partition coefficient (Wildman–Crippen LogP) is 6.14. The zero-order valence-electron chi connectivity index (χ0n) is 14.0. The Hall–Kier alpha value is -0.520. The number of hydrogen-bond donors (Lipinski definition) is 0. The van der Waals surface area contributed by atoms with Crippen LogP contribution >= 0.6 is 0 Å². The summed E-state index contributed by atoms with van der Waals surface area (Å²) in [6.07, 6.45) is 12.3.